The highest BCUT2D eigenvalue weighted by Crippen LogP contribution is 2.18. The van der Waals surface area contributed by atoms with Crippen LogP contribution in [0.15, 0.2) is 41.7 Å². The molecule has 2 rings (SSSR count). The molecular formula is C16H16ClN3O3S. The number of benzene rings is 1. The average molecular weight is 366 g/mol. The summed E-state index contributed by atoms with van der Waals surface area (Å²) in [7, 11) is 0. The van der Waals surface area contributed by atoms with E-state index in [0.29, 0.717) is 11.7 Å². The predicted molar refractivity (Wildman–Crippen MR) is 93.6 cm³/mol. The first-order valence-electron chi connectivity index (χ1n) is 7.15. The lowest BCUT2D eigenvalue weighted by Gasteiger charge is -2.20. The van der Waals surface area contributed by atoms with E-state index in [0.717, 1.165) is 5.69 Å². The van der Waals surface area contributed by atoms with Crippen molar-refractivity contribution in [2.75, 3.05) is 24.3 Å². The van der Waals surface area contributed by atoms with E-state index in [4.69, 9.17) is 16.3 Å². The highest BCUT2D eigenvalue weighted by molar-refractivity contribution is 7.98. The van der Waals surface area contributed by atoms with E-state index in [1.54, 1.807) is 6.26 Å². The van der Waals surface area contributed by atoms with Crippen LogP contribution < -0.4 is 4.90 Å². The van der Waals surface area contributed by atoms with Gasteiger partial charge in [0.2, 0.25) is 0 Å². The molecule has 0 N–H and O–H groups in total. The van der Waals surface area contributed by atoms with Crippen molar-refractivity contribution in [3.8, 4) is 0 Å². The van der Waals surface area contributed by atoms with Crippen molar-refractivity contribution >= 4 is 40.9 Å². The van der Waals surface area contributed by atoms with Crippen LogP contribution in [0.25, 0.3) is 0 Å². The zero-order valence-electron chi connectivity index (χ0n) is 13.2. The minimum atomic E-state index is -0.754. The van der Waals surface area contributed by atoms with Crippen LogP contribution in [-0.4, -0.2) is 41.3 Å². The SMILES string of the molecule is CCN(C(=O)COC(=O)c1nc(SC)ncc1Cl)c1ccccc1. The summed E-state index contributed by atoms with van der Waals surface area (Å²) in [5, 5.41) is 0.484. The van der Waals surface area contributed by atoms with E-state index >= 15 is 0 Å². The van der Waals surface area contributed by atoms with Gasteiger partial charge >= 0.3 is 5.97 Å². The Labute approximate surface area is 149 Å². The highest BCUT2D eigenvalue weighted by atomic mass is 35.5. The minimum Gasteiger partial charge on any atom is -0.451 e. The first kappa shape index (κ1) is 18.2. The number of carbonyl (C=O) groups is 2. The van der Waals surface area contributed by atoms with Gasteiger partial charge in [-0.3, -0.25) is 4.79 Å². The fourth-order valence-corrected chi connectivity index (χ4v) is 2.49. The molecule has 1 amide bonds. The first-order valence-corrected chi connectivity index (χ1v) is 8.76. The molecule has 0 aliphatic rings. The molecule has 1 aromatic carbocycles. The van der Waals surface area contributed by atoms with Gasteiger partial charge in [-0.25, -0.2) is 14.8 Å². The number of amides is 1. The number of hydrogen-bond donors (Lipinski definition) is 0. The molecule has 1 aromatic heterocycles. The minimum absolute atomic E-state index is 0.0495. The third-order valence-corrected chi connectivity index (χ3v) is 3.95. The van der Waals surface area contributed by atoms with Crippen molar-refractivity contribution < 1.29 is 14.3 Å². The lowest BCUT2D eigenvalue weighted by Crippen LogP contribution is -2.34. The number of nitrogens with zero attached hydrogens (tertiary/aromatic N) is 3. The van der Waals surface area contributed by atoms with Gasteiger partial charge in [-0.15, -0.1) is 0 Å². The number of likely N-dealkylation sites (N-methyl/N-ethyl adjacent to an activating group) is 1. The van der Waals surface area contributed by atoms with E-state index < -0.39 is 12.6 Å². The van der Waals surface area contributed by atoms with Gasteiger partial charge in [0.1, 0.15) is 0 Å². The normalized spacial score (nSPS) is 10.3. The summed E-state index contributed by atoms with van der Waals surface area (Å²) >= 11 is 7.19. The Hall–Kier alpha value is -2.12. The molecule has 0 aliphatic heterocycles. The van der Waals surface area contributed by atoms with Crippen molar-refractivity contribution in [3.63, 3.8) is 0 Å². The van der Waals surface area contributed by atoms with E-state index in [1.165, 1.54) is 22.9 Å². The smallest absolute Gasteiger partial charge is 0.359 e. The second kappa shape index (κ2) is 8.65. The average Bonchev–Trinajstić information content (AvgIpc) is 2.61. The highest BCUT2D eigenvalue weighted by Gasteiger charge is 2.20. The molecule has 8 heteroatoms. The molecule has 0 fully saturated rings. The summed E-state index contributed by atoms with van der Waals surface area (Å²) < 4.78 is 5.06. The number of rotatable bonds is 6. The maximum Gasteiger partial charge on any atom is 0.359 e. The topological polar surface area (TPSA) is 72.4 Å². The van der Waals surface area contributed by atoms with Gasteiger partial charge in [-0.05, 0) is 25.3 Å². The van der Waals surface area contributed by atoms with Crippen molar-refractivity contribution in [1.82, 2.24) is 9.97 Å². The molecule has 6 nitrogen and oxygen atoms in total. The van der Waals surface area contributed by atoms with Crippen LogP contribution in [0, 0.1) is 0 Å². The molecular weight excluding hydrogens is 350 g/mol. The Bertz CT molecular complexity index is 728. The molecule has 0 radical (unpaired) electrons. The monoisotopic (exact) mass is 365 g/mol. The van der Waals surface area contributed by atoms with Crippen LogP contribution in [0.3, 0.4) is 0 Å². The molecule has 0 saturated carbocycles. The maximum absolute atomic E-state index is 12.3. The van der Waals surface area contributed by atoms with Crippen LogP contribution >= 0.6 is 23.4 Å². The Morgan fingerprint density at radius 2 is 2.00 bits per heavy atom. The van der Waals surface area contributed by atoms with Gasteiger partial charge in [0, 0.05) is 12.2 Å². The van der Waals surface area contributed by atoms with E-state index in [1.807, 2.05) is 37.3 Å². The predicted octanol–water partition coefficient (Wildman–Crippen LogP) is 3.06. The number of para-hydroxylation sites is 1. The van der Waals surface area contributed by atoms with Crippen LogP contribution in [0.5, 0.6) is 0 Å². The maximum atomic E-state index is 12.3. The molecule has 0 atom stereocenters. The van der Waals surface area contributed by atoms with Crippen molar-refractivity contribution in [2.45, 2.75) is 12.1 Å². The fraction of sp³-hybridized carbons (Fsp3) is 0.250. The lowest BCUT2D eigenvalue weighted by atomic mass is 10.3. The van der Waals surface area contributed by atoms with Crippen LogP contribution in [0.1, 0.15) is 17.4 Å². The number of hydrogen-bond acceptors (Lipinski definition) is 6. The van der Waals surface area contributed by atoms with Gasteiger partial charge in [-0.2, -0.15) is 0 Å². The van der Waals surface area contributed by atoms with E-state index in [9.17, 15) is 9.59 Å². The number of thioether (sulfide) groups is 1. The second-order valence-electron chi connectivity index (χ2n) is 4.60. The first-order chi connectivity index (χ1) is 11.6. The number of carbonyl (C=O) groups excluding carboxylic acids is 2. The van der Waals surface area contributed by atoms with Crippen LogP contribution in [0.4, 0.5) is 5.69 Å². The summed E-state index contributed by atoms with van der Waals surface area (Å²) in [6.07, 6.45) is 3.11. The zero-order chi connectivity index (χ0) is 17.5. The van der Waals surface area contributed by atoms with Gasteiger partial charge in [-0.1, -0.05) is 41.6 Å². The number of anilines is 1. The number of esters is 1. The molecule has 0 spiro atoms. The largest absolute Gasteiger partial charge is 0.451 e. The summed E-state index contributed by atoms with van der Waals surface area (Å²) in [5.41, 5.74) is 0.692. The van der Waals surface area contributed by atoms with Crippen molar-refractivity contribution in [2.24, 2.45) is 0 Å². The van der Waals surface area contributed by atoms with E-state index in [2.05, 4.69) is 9.97 Å². The quantitative estimate of drug-likeness (QED) is 0.445. The van der Waals surface area contributed by atoms with Gasteiger partial charge in [0.25, 0.3) is 5.91 Å². The third kappa shape index (κ3) is 4.46. The number of ether oxygens (including phenoxy) is 1. The van der Waals surface area contributed by atoms with Gasteiger partial charge in [0.15, 0.2) is 17.5 Å². The molecule has 0 unspecified atom stereocenters. The summed E-state index contributed by atoms with van der Waals surface area (Å²) in [6.45, 7) is 1.92. The molecule has 1 heterocycles. The molecule has 126 valence electrons. The van der Waals surface area contributed by atoms with Gasteiger partial charge < -0.3 is 9.64 Å². The Balaban J connectivity index is 2.04. The standard InChI is InChI=1S/C16H16ClN3O3S/c1-3-20(11-7-5-4-6-8-11)13(21)10-23-15(22)14-12(17)9-18-16(19-14)24-2/h4-9H,3,10H2,1-2H3. The second-order valence-corrected chi connectivity index (χ2v) is 5.78. The van der Waals surface area contributed by atoms with Crippen molar-refractivity contribution in [3.05, 3.63) is 47.2 Å². The Kier molecular flexibility index (Phi) is 6.57. The third-order valence-electron chi connectivity index (χ3n) is 3.11. The zero-order valence-corrected chi connectivity index (χ0v) is 14.8. The molecule has 2 aromatic rings. The summed E-state index contributed by atoms with van der Waals surface area (Å²) in [4.78, 5) is 33.9. The number of aromatic nitrogens is 2. The lowest BCUT2D eigenvalue weighted by molar-refractivity contribution is -0.121. The van der Waals surface area contributed by atoms with Crippen LogP contribution in [0.2, 0.25) is 5.02 Å². The summed E-state index contributed by atoms with van der Waals surface area (Å²) in [6, 6.07) is 9.16. The number of halogens is 1. The van der Waals surface area contributed by atoms with E-state index in [-0.39, 0.29) is 16.6 Å². The van der Waals surface area contributed by atoms with Crippen LogP contribution in [-0.2, 0) is 9.53 Å². The van der Waals surface area contributed by atoms with Crippen molar-refractivity contribution in [1.29, 1.82) is 0 Å². The van der Waals surface area contributed by atoms with Gasteiger partial charge in [0.05, 0.1) is 11.2 Å². The molecule has 0 bridgehead atoms. The summed E-state index contributed by atoms with van der Waals surface area (Å²) in [5.74, 6) is -1.08. The molecule has 0 aliphatic carbocycles. The Morgan fingerprint density at radius 1 is 1.29 bits per heavy atom. The molecule has 24 heavy (non-hydrogen) atoms. The Morgan fingerprint density at radius 3 is 2.62 bits per heavy atom. The molecule has 0 saturated heterocycles. The fourth-order valence-electron chi connectivity index (χ4n) is 1.98.